The first-order chi connectivity index (χ1) is 14.4. The summed E-state index contributed by atoms with van der Waals surface area (Å²) >= 11 is 6.24. The van der Waals surface area contributed by atoms with Crippen LogP contribution in [-0.4, -0.2) is 22.6 Å². The van der Waals surface area contributed by atoms with Crippen molar-refractivity contribution in [2.75, 3.05) is 11.9 Å². The predicted octanol–water partition coefficient (Wildman–Crippen LogP) is 4.84. The predicted molar refractivity (Wildman–Crippen MR) is 120 cm³/mol. The molecule has 0 saturated carbocycles. The Morgan fingerprint density at radius 1 is 0.933 bits per heavy atom. The summed E-state index contributed by atoms with van der Waals surface area (Å²) in [4.78, 5) is 27.3. The number of aromatic hydroxyl groups is 1. The number of carbonyl (C=O) groups excluding carboxylic acids is 1. The highest BCUT2D eigenvalue weighted by atomic mass is 35.5. The third kappa shape index (κ3) is 3.23. The number of rotatable bonds is 3. The topological polar surface area (TPSA) is 62.5 Å². The van der Waals surface area contributed by atoms with Crippen LogP contribution >= 0.6 is 11.6 Å². The largest absolute Gasteiger partial charge is 0.506 e. The van der Waals surface area contributed by atoms with E-state index in [4.69, 9.17) is 11.6 Å². The Bertz CT molecular complexity index is 1310. The minimum Gasteiger partial charge on any atom is -0.506 e. The maximum Gasteiger partial charge on any atom is 0.267 e. The van der Waals surface area contributed by atoms with Crippen molar-refractivity contribution in [2.45, 2.75) is 0 Å². The zero-order chi connectivity index (χ0) is 21.4. The Balaban J connectivity index is 1.75. The van der Waals surface area contributed by atoms with E-state index in [-0.39, 0.29) is 16.0 Å². The van der Waals surface area contributed by atoms with Gasteiger partial charge in [-0.1, -0.05) is 60.1 Å². The summed E-state index contributed by atoms with van der Waals surface area (Å²) < 4.78 is 1.32. The number of hydrogen-bond donors (Lipinski definition) is 1. The van der Waals surface area contributed by atoms with Gasteiger partial charge in [-0.15, -0.1) is 0 Å². The van der Waals surface area contributed by atoms with E-state index in [2.05, 4.69) is 0 Å². The molecule has 0 unspecified atom stereocenters. The van der Waals surface area contributed by atoms with Crippen molar-refractivity contribution in [3.05, 3.63) is 93.7 Å². The molecule has 0 atom stereocenters. The van der Waals surface area contributed by atoms with Gasteiger partial charge in [0, 0.05) is 19.8 Å². The number of fused-ring (bicyclic) bond motifs is 1. The fourth-order valence-corrected chi connectivity index (χ4v) is 3.77. The van der Waals surface area contributed by atoms with E-state index in [0.29, 0.717) is 11.2 Å². The van der Waals surface area contributed by atoms with Crippen LogP contribution in [0.3, 0.4) is 0 Å². The smallest absolute Gasteiger partial charge is 0.267 e. The zero-order valence-electron chi connectivity index (χ0n) is 16.5. The van der Waals surface area contributed by atoms with Crippen molar-refractivity contribution in [1.29, 1.82) is 0 Å². The van der Waals surface area contributed by atoms with Gasteiger partial charge in [0.15, 0.2) is 0 Å². The number of anilines is 1. The van der Waals surface area contributed by atoms with Crippen molar-refractivity contribution in [1.82, 2.24) is 4.57 Å². The first-order valence-electron chi connectivity index (χ1n) is 9.34. The summed E-state index contributed by atoms with van der Waals surface area (Å²) in [5.41, 5.74) is 2.23. The minimum absolute atomic E-state index is 0.268. The Labute approximate surface area is 178 Å². The SMILES string of the molecule is CN(C(=O)c1c(O)c2c(Cl)cccc2n(C)c1=O)c1ccc(-c2ccccc2)cc1. The number of amides is 1. The molecule has 5 nitrogen and oxygen atoms in total. The quantitative estimate of drug-likeness (QED) is 0.517. The number of pyridine rings is 1. The van der Waals surface area contributed by atoms with Crippen molar-refractivity contribution in [3.63, 3.8) is 0 Å². The molecule has 0 fully saturated rings. The standard InChI is InChI=1S/C24H19ClN2O3/c1-26(17-13-11-16(12-14-17)15-7-4-3-5-8-15)23(29)21-22(28)20-18(25)9-6-10-19(20)27(2)24(21)30/h3-14,28H,1-2H3. The summed E-state index contributed by atoms with van der Waals surface area (Å²) in [6.07, 6.45) is 0. The molecule has 0 spiro atoms. The van der Waals surface area contributed by atoms with Crippen LogP contribution in [0.5, 0.6) is 5.75 Å². The lowest BCUT2D eigenvalue weighted by Crippen LogP contribution is -2.34. The van der Waals surface area contributed by atoms with E-state index in [1.165, 1.54) is 9.47 Å². The maximum absolute atomic E-state index is 13.2. The van der Waals surface area contributed by atoms with E-state index in [1.54, 1.807) is 44.4 Å². The third-order valence-corrected chi connectivity index (χ3v) is 5.54. The van der Waals surface area contributed by atoms with Gasteiger partial charge in [-0.25, -0.2) is 0 Å². The molecule has 4 rings (SSSR count). The second-order valence-electron chi connectivity index (χ2n) is 7.00. The van der Waals surface area contributed by atoms with Crippen molar-refractivity contribution in [3.8, 4) is 16.9 Å². The fourth-order valence-electron chi connectivity index (χ4n) is 3.52. The number of hydrogen-bond acceptors (Lipinski definition) is 3. The molecule has 1 N–H and O–H groups in total. The molecular formula is C24H19ClN2O3. The first-order valence-corrected chi connectivity index (χ1v) is 9.71. The van der Waals surface area contributed by atoms with Crippen molar-refractivity contribution in [2.24, 2.45) is 7.05 Å². The van der Waals surface area contributed by atoms with E-state index < -0.39 is 17.2 Å². The van der Waals surface area contributed by atoms with Gasteiger partial charge in [0.25, 0.3) is 11.5 Å². The fraction of sp³-hybridized carbons (Fsp3) is 0.0833. The zero-order valence-corrected chi connectivity index (χ0v) is 17.2. The molecule has 1 aromatic heterocycles. The van der Waals surface area contributed by atoms with Gasteiger partial charge >= 0.3 is 0 Å². The molecule has 0 aliphatic rings. The number of aryl methyl sites for hydroxylation is 1. The minimum atomic E-state index is -0.609. The highest BCUT2D eigenvalue weighted by Crippen LogP contribution is 2.33. The van der Waals surface area contributed by atoms with Crippen molar-refractivity contribution >= 4 is 34.1 Å². The molecule has 0 aliphatic carbocycles. The molecule has 0 bridgehead atoms. The third-order valence-electron chi connectivity index (χ3n) is 5.23. The molecular weight excluding hydrogens is 400 g/mol. The Kier molecular flexibility index (Phi) is 5.06. The Morgan fingerprint density at radius 2 is 1.57 bits per heavy atom. The Hall–Kier alpha value is -3.57. The van der Waals surface area contributed by atoms with Gasteiger partial charge in [0.1, 0.15) is 11.3 Å². The number of benzene rings is 3. The number of aromatic nitrogens is 1. The normalized spacial score (nSPS) is 10.9. The van der Waals surface area contributed by atoms with Crippen LogP contribution in [0, 0.1) is 0 Å². The number of nitrogens with zero attached hydrogens (tertiary/aromatic N) is 2. The van der Waals surface area contributed by atoms with Crippen LogP contribution in [-0.2, 0) is 7.05 Å². The molecule has 0 saturated heterocycles. The van der Waals surface area contributed by atoms with Crippen LogP contribution < -0.4 is 10.5 Å². The molecule has 150 valence electrons. The van der Waals surface area contributed by atoms with Gasteiger partial charge in [-0.3, -0.25) is 9.59 Å². The van der Waals surface area contributed by atoms with Gasteiger partial charge in [0.05, 0.1) is 15.9 Å². The monoisotopic (exact) mass is 418 g/mol. The molecule has 4 aromatic rings. The molecule has 30 heavy (non-hydrogen) atoms. The van der Waals surface area contributed by atoms with Crippen molar-refractivity contribution < 1.29 is 9.90 Å². The van der Waals surface area contributed by atoms with E-state index in [9.17, 15) is 14.7 Å². The molecule has 1 amide bonds. The van der Waals surface area contributed by atoms with E-state index in [0.717, 1.165) is 11.1 Å². The molecule has 0 aliphatic heterocycles. The van der Waals surface area contributed by atoms with Gasteiger partial charge in [-0.2, -0.15) is 0 Å². The maximum atomic E-state index is 13.2. The number of carbonyl (C=O) groups is 1. The summed E-state index contributed by atoms with van der Waals surface area (Å²) in [5, 5.41) is 11.3. The molecule has 1 heterocycles. The molecule has 0 radical (unpaired) electrons. The average molecular weight is 419 g/mol. The van der Waals surface area contributed by atoms with Crippen LogP contribution in [0.15, 0.2) is 77.6 Å². The molecule has 6 heteroatoms. The van der Waals surface area contributed by atoms with E-state index >= 15 is 0 Å². The summed E-state index contributed by atoms with van der Waals surface area (Å²) in [6, 6.07) is 22.3. The highest BCUT2D eigenvalue weighted by Gasteiger charge is 2.25. The van der Waals surface area contributed by atoms with Crippen LogP contribution in [0.25, 0.3) is 22.0 Å². The highest BCUT2D eigenvalue weighted by molar-refractivity contribution is 6.36. The van der Waals surface area contributed by atoms with Gasteiger partial charge in [0.2, 0.25) is 0 Å². The number of halogens is 1. The summed E-state index contributed by atoms with van der Waals surface area (Å²) in [7, 11) is 3.11. The van der Waals surface area contributed by atoms with Gasteiger partial charge < -0.3 is 14.6 Å². The first kappa shape index (κ1) is 19.7. The average Bonchev–Trinajstić information content (AvgIpc) is 2.77. The van der Waals surface area contributed by atoms with Crippen LogP contribution in [0.1, 0.15) is 10.4 Å². The van der Waals surface area contributed by atoms with Gasteiger partial charge in [-0.05, 0) is 35.4 Å². The summed E-state index contributed by atoms with van der Waals surface area (Å²) in [6.45, 7) is 0. The lowest BCUT2D eigenvalue weighted by atomic mass is 10.0. The molecule has 3 aromatic carbocycles. The summed E-state index contributed by atoms with van der Waals surface area (Å²) in [5.74, 6) is -1.01. The van der Waals surface area contributed by atoms with Crippen LogP contribution in [0.2, 0.25) is 5.02 Å². The van der Waals surface area contributed by atoms with E-state index in [1.807, 2.05) is 42.5 Å². The lowest BCUT2D eigenvalue weighted by Gasteiger charge is -2.19. The second-order valence-corrected chi connectivity index (χ2v) is 7.41. The second kappa shape index (κ2) is 7.69. The van der Waals surface area contributed by atoms with Crippen LogP contribution in [0.4, 0.5) is 5.69 Å². The lowest BCUT2D eigenvalue weighted by molar-refractivity contribution is 0.0988. The Morgan fingerprint density at radius 3 is 2.23 bits per heavy atom.